The first-order valence-corrected chi connectivity index (χ1v) is 14.3. The van der Waals surface area contributed by atoms with Gasteiger partial charge in [-0.15, -0.1) is 11.8 Å². The molecule has 0 bridgehead atoms. The Balaban J connectivity index is 1.45. The number of thiocarbonyl (C=S) groups is 1. The number of hydrogen-bond acceptors (Lipinski definition) is 7. The maximum Gasteiger partial charge on any atom is 0.281 e. The van der Waals surface area contributed by atoms with Crippen molar-refractivity contribution in [2.45, 2.75) is 17.2 Å². The summed E-state index contributed by atoms with van der Waals surface area (Å²) >= 11 is 6.60. The van der Waals surface area contributed by atoms with Gasteiger partial charge in [0.1, 0.15) is 34.0 Å². The van der Waals surface area contributed by atoms with Gasteiger partial charge in [-0.05, 0) is 59.8 Å². The predicted octanol–water partition coefficient (Wildman–Crippen LogP) is 7.13. The van der Waals surface area contributed by atoms with Gasteiger partial charge < -0.3 is 14.8 Å². The normalized spacial score (nSPS) is 13.8. The van der Waals surface area contributed by atoms with E-state index in [1.807, 2.05) is 12.1 Å². The maximum absolute atomic E-state index is 13.8. The number of nitrogens with zero attached hydrogens (tertiary/aromatic N) is 3. The van der Waals surface area contributed by atoms with Crippen LogP contribution in [0.1, 0.15) is 28.8 Å². The third-order valence-electron chi connectivity index (χ3n) is 6.61. The number of carbonyl (C=O) groups is 1. The van der Waals surface area contributed by atoms with Crippen LogP contribution < -0.4 is 19.7 Å². The van der Waals surface area contributed by atoms with Crippen molar-refractivity contribution in [3.63, 3.8) is 0 Å². The first kappa shape index (κ1) is 29.7. The number of methoxy groups -OCH3 is 2. The first-order chi connectivity index (χ1) is 20.8. The summed E-state index contributed by atoms with van der Waals surface area (Å²) < 4.78 is 38.6. The zero-order valence-corrected chi connectivity index (χ0v) is 24.6. The Morgan fingerprint density at radius 1 is 1.05 bits per heavy atom. The Morgan fingerprint density at radius 2 is 1.77 bits per heavy atom. The van der Waals surface area contributed by atoms with Gasteiger partial charge in [-0.3, -0.25) is 4.79 Å². The predicted molar refractivity (Wildman–Crippen MR) is 166 cm³/mol. The monoisotopic (exact) mass is 614 g/mol. The highest BCUT2D eigenvalue weighted by atomic mass is 32.2. The fraction of sp³-hybridized carbons (Fsp3) is 0.125. The molecule has 1 N–H and O–H groups in total. The second-order valence-electron chi connectivity index (χ2n) is 9.21. The zero-order valence-electron chi connectivity index (χ0n) is 23.0. The lowest BCUT2D eigenvalue weighted by Crippen LogP contribution is -2.30. The molecule has 1 aliphatic heterocycles. The molecule has 7 nitrogen and oxygen atoms in total. The number of rotatable bonds is 9. The van der Waals surface area contributed by atoms with E-state index in [0.29, 0.717) is 39.4 Å². The van der Waals surface area contributed by atoms with Gasteiger partial charge in [-0.1, -0.05) is 48.5 Å². The van der Waals surface area contributed by atoms with Crippen molar-refractivity contribution < 1.29 is 23.0 Å². The molecule has 43 heavy (non-hydrogen) atoms. The number of alkyl halides is 2. The molecule has 5 rings (SSSR count). The van der Waals surface area contributed by atoms with Gasteiger partial charge in [-0.2, -0.15) is 5.26 Å². The molecular weight excluding hydrogens is 591 g/mol. The average Bonchev–Trinajstić information content (AvgIpc) is 3.31. The molecular formula is C32H24F2N4O3S2. The lowest BCUT2D eigenvalue weighted by atomic mass is 10.0. The van der Waals surface area contributed by atoms with E-state index in [4.69, 9.17) is 21.7 Å². The molecule has 3 aromatic carbocycles. The van der Waals surface area contributed by atoms with Gasteiger partial charge in [0.25, 0.3) is 12.3 Å². The number of pyridine rings is 1. The van der Waals surface area contributed by atoms with E-state index in [0.717, 1.165) is 11.8 Å². The SMILES string of the molecule is COc1ccc(/C=C2/NC(=S)N(c3ccccc3OC)C2=O)cc1CSc1nc(C(F)F)cc(-c2ccccc2)c1C#N. The second kappa shape index (κ2) is 13.0. The Hall–Kier alpha value is -4.79. The van der Waals surface area contributed by atoms with E-state index < -0.39 is 12.1 Å². The quantitative estimate of drug-likeness (QED) is 0.121. The number of benzene rings is 3. The van der Waals surface area contributed by atoms with Crippen LogP contribution in [0.15, 0.2) is 89.6 Å². The minimum absolute atomic E-state index is 0.190. The summed E-state index contributed by atoms with van der Waals surface area (Å²) in [4.78, 5) is 18.8. The van der Waals surface area contributed by atoms with E-state index in [1.165, 1.54) is 25.2 Å². The van der Waals surface area contributed by atoms with Crippen molar-refractivity contribution in [2.75, 3.05) is 19.1 Å². The fourth-order valence-electron chi connectivity index (χ4n) is 4.59. The van der Waals surface area contributed by atoms with Crippen LogP contribution in [0, 0.1) is 11.3 Å². The Bertz CT molecular complexity index is 1770. The summed E-state index contributed by atoms with van der Waals surface area (Å²) in [6.07, 6.45) is -1.14. The summed E-state index contributed by atoms with van der Waals surface area (Å²) in [5.74, 6) is 0.969. The van der Waals surface area contributed by atoms with Gasteiger partial charge in [0.15, 0.2) is 5.11 Å². The molecule has 1 amide bonds. The summed E-state index contributed by atoms with van der Waals surface area (Å²) in [6.45, 7) is 0. The molecule has 0 saturated carbocycles. The van der Waals surface area contributed by atoms with Crippen molar-refractivity contribution in [3.05, 3.63) is 107 Å². The molecule has 1 aliphatic rings. The van der Waals surface area contributed by atoms with E-state index in [1.54, 1.807) is 66.7 Å². The van der Waals surface area contributed by atoms with Gasteiger partial charge in [0.05, 0.1) is 25.5 Å². The molecule has 0 unspecified atom stereocenters. The standard InChI is InChI=1S/C32H24F2N4O3S2/c1-40-27-13-12-19(15-25-31(39)38(32(42)37-25)26-10-6-7-11-28(26)41-2)14-21(27)18-43-30-23(17-35)22(16-24(36-30)29(33)34)20-8-4-3-5-9-20/h3-16,29H,18H2,1-2H3,(H,37,42)/b25-15+. The number of nitriles is 1. The van der Waals surface area contributed by atoms with Crippen molar-refractivity contribution in [3.8, 4) is 28.7 Å². The molecule has 4 aromatic rings. The number of para-hydroxylation sites is 2. The summed E-state index contributed by atoms with van der Waals surface area (Å²) in [6, 6.07) is 24.7. The number of ether oxygens (including phenoxy) is 2. The smallest absolute Gasteiger partial charge is 0.281 e. The van der Waals surface area contributed by atoms with E-state index in [2.05, 4.69) is 16.4 Å². The number of carbonyl (C=O) groups excluding carboxylic acids is 1. The van der Waals surface area contributed by atoms with Crippen molar-refractivity contribution in [2.24, 2.45) is 0 Å². The van der Waals surface area contributed by atoms with Crippen molar-refractivity contribution >= 4 is 46.8 Å². The summed E-state index contributed by atoms with van der Waals surface area (Å²) in [5, 5.41) is 13.4. The third kappa shape index (κ3) is 6.21. The van der Waals surface area contributed by atoms with Crippen LogP contribution in [-0.2, 0) is 10.5 Å². The van der Waals surface area contributed by atoms with E-state index in [-0.39, 0.29) is 33.1 Å². The van der Waals surface area contributed by atoms with Crippen LogP contribution in [0.3, 0.4) is 0 Å². The maximum atomic E-state index is 13.8. The van der Waals surface area contributed by atoms with Crippen LogP contribution in [0.25, 0.3) is 17.2 Å². The fourth-order valence-corrected chi connectivity index (χ4v) is 5.87. The molecule has 11 heteroatoms. The minimum Gasteiger partial charge on any atom is -0.496 e. The highest BCUT2D eigenvalue weighted by Crippen LogP contribution is 2.37. The minimum atomic E-state index is -2.81. The van der Waals surface area contributed by atoms with Gasteiger partial charge in [0, 0.05) is 16.9 Å². The Morgan fingerprint density at radius 3 is 2.47 bits per heavy atom. The number of aromatic nitrogens is 1. The van der Waals surface area contributed by atoms with Crippen LogP contribution in [0.4, 0.5) is 14.5 Å². The molecule has 216 valence electrons. The largest absolute Gasteiger partial charge is 0.496 e. The van der Waals surface area contributed by atoms with Crippen molar-refractivity contribution in [1.82, 2.24) is 10.3 Å². The highest BCUT2D eigenvalue weighted by molar-refractivity contribution is 7.98. The van der Waals surface area contributed by atoms with Crippen molar-refractivity contribution in [1.29, 1.82) is 5.26 Å². The number of nitrogens with one attached hydrogen (secondary N) is 1. The number of hydrogen-bond donors (Lipinski definition) is 1. The van der Waals surface area contributed by atoms with E-state index >= 15 is 0 Å². The molecule has 0 radical (unpaired) electrons. The zero-order chi connectivity index (χ0) is 30.5. The molecule has 0 aliphatic carbocycles. The second-order valence-corrected chi connectivity index (χ2v) is 10.6. The third-order valence-corrected chi connectivity index (χ3v) is 7.92. The van der Waals surface area contributed by atoms with Gasteiger partial charge >= 0.3 is 0 Å². The Kier molecular flexibility index (Phi) is 8.99. The summed E-state index contributed by atoms with van der Waals surface area (Å²) in [5.41, 5.74) is 3.01. The average molecular weight is 615 g/mol. The van der Waals surface area contributed by atoms with Gasteiger partial charge in [-0.25, -0.2) is 18.7 Å². The van der Waals surface area contributed by atoms with Gasteiger partial charge in [0.2, 0.25) is 0 Å². The molecule has 1 saturated heterocycles. The Labute approximate surface area is 256 Å². The number of halogens is 2. The van der Waals surface area contributed by atoms with E-state index in [9.17, 15) is 18.8 Å². The number of anilines is 1. The molecule has 0 spiro atoms. The highest BCUT2D eigenvalue weighted by Gasteiger charge is 2.33. The number of thioether (sulfide) groups is 1. The molecule has 1 aromatic heterocycles. The lowest BCUT2D eigenvalue weighted by molar-refractivity contribution is -0.113. The summed E-state index contributed by atoms with van der Waals surface area (Å²) in [7, 11) is 3.04. The number of amides is 1. The van der Waals surface area contributed by atoms with Crippen LogP contribution in [-0.4, -0.2) is 30.2 Å². The van der Waals surface area contributed by atoms with Crippen LogP contribution in [0.2, 0.25) is 0 Å². The van der Waals surface area contributed by atoms with Crippen LogP contribution >= 0.6 is 24.0 Å². The first-order valence-electron chi connectivity index (χ1n) is 12.9. The molecule has 2 heterocycles. The topological polar surface area (TPSA) is 87.5 Å². The lowest BCUT2D eigenvalue weighted by Gasteiger charge is -2.17. The molecule has 0 atom stereocenters. The molecule has 1 fully saturated rings. The van der Waals surface area contributed by atoms with Crippen LogP contribution in [0.5, 0.6) is 11.5 Å².